The third kappa shape index (κ3) is 3.21. The van der Waals surface area contributed by atoms with E-state index in [1.54, 1.807) is 0 Å². The molecule has 1 aliphatic heterocycles. The fraction of sp³-hybridized carbons (Fsp3) is 1.00. The van der Waals surface area contributed by atoms with Gasteiger partial charge in [0.15, 0.2) is 0 Å². The zero-order chi connectivity index (χ0) is 11.6. The highest BCUT2D eigenvalue weighted by molar-refractivity contribution is 4.89. The van der Waals surface area contributed by atoms with Crippen molar-refractivity contribution < 1.29 is 5.11 Å². The SMILES string of the molecule is CC1(C)CCCN(CC2(O)CCCCC2)C1. The molecule has 2 nitrogen and oxygen atoms in total. The average Bonchev–Trinajstić information content (AvgIpc) is 2.16. The summed E-state index contributed by atoms with van der Waals surface area (Å²) in [5.41, 5.74) is 0.0783. The maximum absolute atomic E-state index is 10.6. The molecule has 2 aliphatic rings. The van der Waals surface area contributed by atoms with Crippen LogP contribution in [-0.2, 0) is 0 Å². The molecule has 16 heavy (non-hydrogen) atoms. The second-order valence-electron chi connectivity index (χ2n) is 6.76. The van der Waals surface area contributed by atoms with Crippen molar-refractivity contribution in [1.82, 2.24) is 4.90 Å². The van der Waals surface area contributed by atoms with Gasteiger partial charge in [0.25, 0.3) is 0 Å². The summed E-state index contributed by atoms with van der Waals surface area (Å²) >= 11 is 0. The molecule has 0 aromatic rings. The highest BCUT2D eigenvalue weighted by Gasteiger charge is 2.34. The van der Waals surface area contributed by atoms with Crippen LogP contribution in [-0.4, -0.2) is 35.2 Å². The number of β-amino-alcohol motifs (C(OH)–C–C–N with tert-alkyl or cyclic N) is 1. The van der Waals surface area contributed by atoms with Crippen molar-refractivity contribution in [3.05, 3.63) is 0 Å². The first kappa shape index (κ1) is 12.4. The first-order valence-corrected chi connectivity index (χ1v) is 6.94. The fourth-order valence-corrected chi connectivity index (χ4v) is 3.46. The van der Waals surface area contributed by atoms with E-state index in [1.165, 1.54) is 38.6 Å². The Balaban J connectivity index is 1.88. The summed E-state index contributed by atoms with van der Waals surface area (Å²) in [6.45, 7) is 7.96. The Labute approximate surface area is 100 Å². The van der Waals surface area contributed by atoms with Crippen molar-refractivity contribution in [1.29, 1.82) is 0 Å². The van der Waals surface area contributed by atoms with Crippen LogP contribution in [0.1, 0.15) is 58.8 Å². The van der Waals surface area contributed by atoms with Crippen LogP contribution in [0.4, 0.5) is 0 Å². The molecule has 1 heterocycles. The largest absolute Gasteiger partial charge is 0.389 e. The van der Waals surface area contributed by atoms with Crippen molar-refractivity contribution in [3.8, 4) is 0 Å². The zero-order valence-corrected chi connectivity index (χ0v) is 11.0. The van der Waals surface area contributed by atoms with E-state index in [0.29, 0.717) is 5.41 Å². The smallest absolute Gasteiger partial charge is 0.0774 e. The standard InChI is InChI=1S/C14H27NO/c1-13(2)7-6-10-15(11-13)12-14(16)8-4-3-5-9-14/h16H,3-12H2,1-2H3. The molecule has 1 saturated carbocycles. The Morgan fingerprint density at radius 1 is 1.00 bits per heavy atom. The quantitative estimate of drug-likeness (QED) is 0.781. The molecule has 94 valence electrons. The summed E-state index contributed by atoms with van der Waals surface area (Å²) in [7, 11) is 0. The van der Waals surface area contributed by atoms with Crippen LogP contribution in [0.2, 0.25) is 0 Å². The highest BCUT2D eigenvalue weighted by Crippen LogP contribution is 2.33. The minimum atomic E-state index is -0.369. The maximum atomic E-state index is 10.6. The molecule has 0 unspecified atom stereocenters. The van der Waals surface area contributed by atoms with E-state index in [9.17, 15) is 5.11 Å². The van der Waals surface area contributed by atoms with Crippen molar-refractivity contribution in [3.63, 3.8) is 0 Å². The van der Waals surface area contributed by atoms with E-state index in [4.69, 9.17) is 0 Å². The van der Waals surface area contributed by atoms with Gasteiger partial charge >= 0.3 is 0 Å². The van der Waals surface area contributed by atoms with Gasteiger partial charge < -0.3 is 5.11 Å². The number of aliphatic hydroxyl groups is 1. The second-order valence-corrected chi connectivity index (χ2v) is 6.76. The lowest BCUT2D eigenvalue weighted by Gasteiger charge is -2.43. The second kappa shape index (κ2) is 4.66. The molecule has 1 N–H and O–H groups in total. The summed E-state index contributed by atoms with van der Waals surface area (Å²) in [5, 5.41) is 10.6. The summed E-state index contributed by atoms with van der Waals surface area (Å²) < 4.78 is 0. The van der Waals surface area contributed by atoms with Gasteiger partial charge in [0, 0.05) is 13.1 Å². The molecule has 0 aromatic heterocycles. The van der Waals surface area contributed by atoms with Crippen molar-refractivity contribution in [2.75, 3.05) is 19.6 Å². The lowest BCUT2D eigenvalue weighted by molar-refractivity contribution is -0.0408. The molecule has 0 radical (unpaired) electrons. The van der Waals surface area contributed by atoms with Crippen LogP contribution in [0.25, 0.3) is 0 Å². The monoisotopic (exact) mass is 225 g/mol. The normalized spacial score (nSPS) is 30.2. The minimum absolute atomic E-state index is 0.369. The molecular weight excluding hydrogens is 198 g/mol. The number of piperidine rings is 1. The lowest BCUT2D eigenvalue weighted by Crippen LogP contribution is -2.49. The maximum Gasteiger partial charge on any atom is 0.0774 e. The number of hydrogen-bond donors (Lipinski definition) is 1. The molecule has 0 bridgehead atoms. The van der Waals surface area contributed by atoms with Crippen LogP contribution in [0.5, 0.6) is 0 Å². The molecule has 1 aliphatic carbocycles. The average molecular weight is 225 g/mol. The molecule has 2 rings (SSSR count). The Hall–Kier alpha value is -0.0800. The lowest BCUT2D eigenvalue weighted by atomic mass is 9.81. The van der Waals surface area contributed by atoms with Gasteiger partial charge in [-0.2, -0.15) is 0 Å². The van der Waals surface area contributed by atoms with Crippen LogP contribution >= 0.6 is 0 Å². The van der Waals surface area contributed by atoms with Gasteiger partial charge in [-0.25, -0.2) is 0 Å². The summed E-state index contributed by atoms with van der Waals surface area (Å²) in [6.07, 6.45) is 8.41. The topological polar surface area (TPSA) is 23.5 Å². The van der Waals surface area contributed by atoms with Crippen LogP contribution in [0, 0.1) is 5.41 Å². The molecule has 1 saturated heterocycles. The Bertz CT molecular complexity index is 231. The minimum Gasteiger partial charge on any atom is -0.389 e. The predicted molar refractivity (Wildman–Crippen MR) is 67.5 cm³/mol. The molecular formula is C14H27NO. The predicted octanol–water partition coefficient (Wildman–Crippen LogP) is 2.80. The van der Waals surface area contributed by atoms with E-state index >= 15 is 0 Å². The van der Waals surface area contributed by atoms with Crippen molar-refractivity contribution in [2.24, 2.45) is 5.41 Å². The molecule has 0 aromatic carbocycles. The Morgan fingerprint density at radius 2 is 1.69 bits per heavy atom. The van der Waals surface area contributed by atoms with Crippen LogP contribution in [0.3, 0.4) is 0 Å². The fourth-order valence-electron chi connectivity index (χ4n) is 3.46. The summed E-state index contributed by atoms with van der Waals surface area (Å²) in [4.78, 5) is 2.49. The molecule has 0 spiro atoms. The van der Waals surface area contributed by atoms with E-state index in [2.05, 4.69) is 18.7 Å². The highest BCUT2D eigenvalue weighted by atomic mass is 16.3. The van der Waals surface area contributed by atoms with Gasteiger partial charge in [-0.3, -0.25) is 4.90 Å². The van der Waals surface area contributed by atoms with E-state index in [-0.39, 0.29) is 5.60 Å². The number of likely N-dealkylation sites (tertiary alicyclic amines) is 1. The first-order chi connectivity index (χ1) is 7.49. The summed E-state index contributed by atoms with van der Waals surface area (Å²) in [6, 6.07) is 0. The molecule has 0 atom stereocenters. The molecule has 2 fully saturated rings. The van der Waals surface area contributed by atoms with Crippen molar-refractivity contribution >= 4 is 0 Å². The number of rotatable bonds is 2. The Morgan fingerprint density at radius 3 is 2.31 bits per heavy atom. The number of nitrogens with zero attached hydrogens (tertiary/aromatic N) is 1. The van der Waals surface area contributed by atoms with Crippen LogP contribution in [0.15, 0.2) is 0 Å². The van der Waals surface area contributed by atoms with Crippen molar-refractivity contribution in [2.45, 2.75) is 64.4 Å². The van der Waals surface area contributed by atoms with Crippen LogP contribution < -0.4 is 0 Å². The van der Waals surface area contributed by atoms with Gasteiger partial charge in [0.05, 0.1) is 5.60 Å². The van der Waals surface area contributed by atoms with E-state index in [1.807, 2.05) is 0 Å². The van der Waals surface area contributed by atoms with Gasteiger partial charge in [-0.15, -0.1) is 0 Å². The van der Waals surface area contributed by atoms with E-state index in [0.717, 1.165) is 25.9 Å². The Kier molecular flexibility index (Phi) is 3.60. The summed E-state index contributed by atoms with van der Waals surface area (Å²) in [5.74, 6) is 0. The molecule has 0 amide bonds. The number of hydrogen-bond acceptors (Lipinski definition) is 2. The third-order valence-electron chi connectivity index (χ3n) is 4.28. The molecule has 2 heteroatoms. The zero-order valence-electron chi connectivity index (χ0n) is 11.0. The van der Waals surface area contributed by atoms with Gasteiger partial charge in [-0.1, -0.05) is 33.1 Å². The first-order valence-electron chi connectivity index (χ1n) is 6.94. The van der Waals surface area contributed by atoms with Gasteiger partial charge in [0.1, 0.15) is 0 Å². The van der Waals surface area contributed by atoms with Gasteiger partial charge in [0.2, 0.25) is 0 Å². The third-order valence-corrected chi connectivity index (χ3v) is 4.28. The van der Waals surface area contributed by atoms with Gasteiger partial charge in [-0.05, 0) is 37.6 Å². The van der Waals surface area contributed by atoms with E-state index < -0.39 is 0 Å².